The predicted molar refractivity (Wildman–Crippen MR) is 586 cm³/mol. The Morgan fingerprint density at radius 3 is 1.02 bits per heavy atom. The zero-order valence-corrected chi connectivity index (χ0v) is 94.7. The van der Waals surface area contributed by atoms with Crippen LogP contribution in [0.15, 0.2) is 206 Å². The summed E-state index contributed by atoms with van der Waals surface area (Å²) in [6, 6.07) is 7.19. The minimum Gasteiger partial charge on any atom is -0.393 e. The van der Waals surface area contributed by atoms with Crippen molar-refractivity contribution in [3.63, 3.8) is 0 Å². The van der Waals surface area contributed by atoms with Gasteiger partial charge in [0.2, 0.25) is 0 Å². The summed E-state index contributed by atoms with van der Waals surface area (Å²) in [6.45, 7) is 60.9. The Kier molecular flexibility index (Phi) is 37.5. The number of aliphatic hydroxyl groups excluding tert-OH is 8. The van der Waals surface area contributed by atoms with Crippen molar-refractivity contribution in [2.75, 3.05) is 5.75 Å². The fourth-order valence-electron chi connectivity index (χ4n) is 28.5. The topological polar surface area (TPSA) is 298 Å². The van der Waals surface area contributed by atoms with Crippen LogP contribution in [-0.2, 0) is 39.3 Å². The van der Waals surface area contributed by atoms with Crippen LogP contribution >= 0.6 is 0 Å². The van der Waals surface area contributed by atoms with Crippen molar-refractivity contribution in [2.24, 2.45) is 74.9 Å². The number of aliphatic hydroxyl groups is 8. The minimum absolute atomic E-state index is 0.109. The van der Waals surface area contributed by atoms with E-state index in [1.165, 1.54) is 71.1 Å². The van der Waals surface area contributed by atoms with E-state index < -0.39 is 117 Å². The van der Waals surface area contributed by atoms with Crippen molar-refractivity contribution in [1.29, 1.82) is 0 Å². The summed E-state index contributed by atoms with van der Waals surface area (Å²) < 4.78 is 101. The maximum absolute atomic E-state index is 13.4. The molecule has 0 saturated heterocycles. The lowest BCUT2D eigenvalue weighted by Gasteiger charge is -2.46. The lowest BCUT2D eigenvalue weighted by molar-refractivity contribution is 0.0855. The van der Waals surface area contributed by atoms with E-state index in [1.54, 1.807) is 53.7 Å². The monoisotopic (exact) mass is 2040 g/mol. The second-order valence-electron chi connectivity index (χ2n) is 51.5. The Morgan fingerprint density at radius 1 is 0.394 bits per heavy atom. The second kappa shape index (κ2) is 45.5. The number of rotatable bonds is 25. The molecule has 10 fully saturated rings. The number of fused-ring (bicyclic) bond motifs is 4. The van der Waals surface area contributed by atoms with Gasteiger partial charge in [-0.1, -0.05) is 212 Å². The highest BCUT2D eigenvalue weighted by Gasteiger charge is 2.57. The van der Waals surface area contributed by atoms with E-state index in [-0.39, 0.29) is 27.4 Å². The minimum atomic E-state index is -3.25. The predicted octanol–water partition coefficient (Wildman–Crippen LogP) is 25.8. The van der Waals surface area contributed by atoms with Crippen LogP contribution in [0.1, 0.15) is 382 Å². The molecule has 142 heavy (non-hydrogen) atoms. The van der Waals surface area contributed by atoms with Crippen LogP contribution in [0.3, 0.4) is 0 Å². The van der Waals surface area contributed by atoms with Gasteiger partial charge in [-0.15, -0.1) is 0 Å². The Labute approximate surface area is 860 Å². The molecule has 1 aromatic carbocycles. The lowest BCUT2D eigenvalue weighted by atomic mass is 9.61. The molecule has 13 aliphatic carbocycles. The molecule has 16 nitrogen and oxygen atoms in total. The summed E-state index contributed by atoms with van der Waals surface area (Å²) in [6.07, 6.45) is 51.9. The second-order valence-corrected chi connectivity index (χ2v) is 63.4. The fourth-order valence-corrected chi connectivity index (χ4v) is 36.4. The standard InChI is InChI=1S/C31H48O4S.C31H44O4S.2C30H48O4S/c1-21(14-18-31(16-8-17-31)36(34,35)29(3,4)5)26-12-13-27-23(9-7-15-30(26,27)6)10-11-24-19-25(32)20-28(33)22(24)2;1-21-9-13-27(14-10-21)36(34,35)18-6-7-22(2)28-15-16-29-24(8-5-17-31(28,29)4)11-12-25-19-26(32)20-30(33)23(25)3;2*1-20(15-17-29(6,7)35(33,34)28(3,4)5)25-13-14-26-22(10-9-16-30(25,26)8)11-12-23-18-24(31)19-27(32)21(23)2/h10-12,21,25,27-28,32-33H,2,7-9,13-20H2,1,3-6H3;9-14,22,26,28-30,32-33H,3,5-8,15-20H2,1-2,4H3;2*11-13,20,24,26-27,31-32H,2,9-10,14-19H2,1,3-8H3/b23-10+,24-11-;24-11+,25-12-;2*22-11+,23-12-/t21-,25+,27+,28-,30-;22-,26-,28-,29+,30+,31-;20-,24+,26?,27-,30-;20-,24-,26?,27+,30-/m1111/s1. The summed E-state index contributed by atoms with van der Waals surface area (Å²) in [4.78, 5) is 0.436. The summed E-state index contributed by atoms with van der Waals surface area (Å²) in [5.74, 6) is 4.35. The molecule has 0 radical (unpaired) electrons. The van der Waals surface area contributed by atoms with Crippen LogP contribution in [0.2, 0.25) is 0 Å². The number of hydrogen-bond donors (Lipinski definition) is 8. The van der Waals surface area contributed by atoms with Gasteiger partial charge in [0.05, 0.1) is 88.0 Å². The van der Waals surface area contributed by atoms with E-state index in [9.17, 15) is 74.5 Å². The molecule has 0 amide bonds. The molecule has 1 aromatic rings. The van der Waals surface area contributed by atoms with Gasteiger partial charge in [-0.25, -0.2) is 33.7 Å². The third-order valence-electron chi connectivity index (χ3n) is 37.8. The molecule has 2 unspecified atom stereocenters. The number of allylic oxidation sites excluding steroid dienone is 18. The molecule has 10 saturated carbocycles. The van der Waals surface area contributed by atoms with Gasteiger partial charge in [0.25, 0.3) is 0 Å². The normalized spacial score (nSPS) is 34.4. The first-order chi connectivity index (χ1) is 65.7. The van der Waals surface area contributed by atoms with E-state index >= 15 is 0 Å². The number of hydrogen-bond acceptors (Lipinski definition) is 16. The van der Waals surface area contributed by atoms with E-state index in [4.69, 9.17) is 0 Å². The van der Waals surface area contributed by atoms with Crippen molar-refractivity contribution < 1.29 is 74.5 Å². The summed E-state index contributed by atoms with van der Waals surface area (Å²) in [5.41, 5.74) is 18.8. The summed E-state index contributed by atoms with van der Waals surface area (Å²) in [5, 5.41) is 81.1. The maximum atomic E-state index is 13.4. The van der Waals surface area contributed by atoms with Crippen LogP contribution in [0, 0.1) is 81.8 Å². The SMILES string of the molecule is C=C1/C(=C\C=C2/CCC[C@]3(C)C([C@H](C)CCC(C)(C)S(=O)(=O)C(C)(C)C)=CCC23)C[C@@H](O)C[C@@H]1O.C=C1/C(=C\C=C2/CCC[C@]3(C)C([C@H](C)CCC(C)(C)S(=O)(=O)C(C)(C)C)=CCC23)C[C@H](O)C[C@H]1O.C=C1/C(=C\C=C2/CCC[C@]3(C)C([C@H](C)CCC4(S(=O)(=O)C(C)(C)C)CCC4)=CC[C@@H]23)C[C@H](O)C[C@H]1O.C=C1/C(=C\C=C2/CCC[C@]3(C)[C@@H]([C@H](C)CCCS(=O)(=O)c4ccc(C)cc4)CC[C@@H]23)C[C@@H](O)C[C@@H]1O. The zero-order chi connectivity index (χ0) is 105. The average Bonchev–Trinajstić information content (AvgIpc) is 1.73. The molecule has 13 aliphatic rings. The molecule has 20 heteroatoms. The Bertz CT molecular complexity index is 5420. The van der Waals surface area contributed by atoms with Crippen LogP contribution in [0.25, 0.3) is 0 Å². The molecule has 14 rings (SSSR count). The van der Waals surface area contributed by atoms with E-state index in [2.05, 4.69) is 149 Å². The molecule has 0 bridgehead atoms. The quantitative estimate of drug-likeness (QED) is 0.0422. The van der Waals surface area contributed by atoms with Gasteiger partial charge in [-0.3, -0.25) is 0 Å². The van der Waals surface area contributed by atoms with E-state index in [0.29, 0.717) is 129 Å². The molecular weight excluding hydrogens is 1850 g/mol. The molecular formula is C122H188O16S4. The third-order valence-corrected chi connectivity index (χ3v) is 49.5. The first kappa shape index (κ1) is 117. The fraction of sp³-hybridized carbons (Fsp3) is 0.705. The number of aryl methyl sites for hydroxylation is 1. The van der Waals surface area contributed by atoms with Crippen LogP contribution < -0.4 is 0 Å². The van der Waals surface area contributed by atoms with Gasteiger partial charge in [0.15, 0.2) is 39.3 Å². The van der Waals surface area contributed by atoms with Gasteiger partial charge in [0, 0.05) is 25.7 Å². The first-order valence-corrected chi connectivity index (χ1v) is 60.8. The highest BCUT2D eigenvalue weighted by molar-refractivity contribution is 7.94. The largest absolute Gasteiger partial charge is 0.393 e. The molecule has 0 heterocycles. The highest BCUT2D eigenvalue weighted by atomic mass is 32.2. The molecule has 796 valence electrons. The van der Waals surface area contributed by atoms with Gasteiger partial charge in [-0.05, 0) is 428 Å². The van der Waals surface area contributed by atoms with Gasteiger partial charge >= 0.3 is 0 Å². The van der Waals surface area contributed by atoms with E-state index in [1.807, 2.05) is 67.5 Å². The van der Waals surface area contributed by atoms with Gasteiger partial charge in [0.1, 0.15) is 0 Å². The molecule has 0 spiro atoms. The molecule has 0 aliphatic heterocycles. The first-order valence-electron chi connectivity index (χ1n) is 54.7. The highest BCUT2D eigenvalue weighted by Crippen LogP contribution is 2.64. The van der Waals surface area contributed by atoms with Crippen molar-refractivity contribution in [2.45, 2.75) is 466 Å². The van der Waals surface area contributed by atoms with Gasteiger partial charge in [-0.2, -0.15) is 0 Å². The number of sulfone groups is 4. The van der Waals surface area contributed by atoms with Crippen LogP contribution in [-0.4, -0.2) is 158 Å². The van der Waals surface area contributed by atoms with Crippen molar-refractivity contribution in [3.8, 4) is 0 Å². The molecule has 21 atom stereocenters. The van der Waals surface area contributed by atoms with Crippen molar-refractivity contribution >= 4 is 39.3 Å². The van der Waals surface area contributed by atoms with Crippen LogP contribution in [0.5, 0.6) is 0 Å². The summed E-state index contributed by atoms with van der Waals surface area (Å²) >= 11 is 0. The Hall–Kier alpha value is -5.20. The molecule has 8 N–H and O–H groups in total. The smallest absolute Gasteiger partial charge is 0.178 e. The van der Waals surface area contributed by atoms with Crippen molar-refractivity contribution in [1.82, 2.24) is 0 Å². The average molecular weight is 2040 g/mol. The lowest BCUT2D eigenvalue weighted by Crippen LogP contribution is -2.52. The number of benzene rings is 1. The Morgan fingerprint density at radius 2 is 0.711 bits per heavy atom. The van der Waals surface area contributed by atoms with Crippen LogP contribution in [0.4, 0.5) is 0 Å². The maximum Gasteiger partial charge on any atom is 0.178 e. The van der Waals surface area contributed by atoms with E-state index in [0.717, 1.165) is 179 Å². The summed E-state index contributed by atoms with van der Waals surface area (Å²) in [7, 11) is -12.9. The van der Waals surface area contributed by atoms with Crippen molar-refractivity contribution in [3.05, 3.63) is 207 Å². The molecule has 0 aromatic heterocycles. The Balaban J connectivity index is 0.000000181. The van der Waals surface area contributed by atoms with Gasteiger partial charge < -0.3 is 40.9 Å². The third kappa shape index (κ3) is 25.1. The zero-order valence-electron chi connectivity index (χ0n) is 91.4.